The molecule has 21 heavy (non-hydrogen) atoms. The Hall–Kier alpha value is -2.17. The summed E-state index contributed by atoms with van der Waals surface area (Å²) in [5.41, 5.74) is 2.04. The van der Waals surface area contributed by atoms with Crippen molar-refractivity contribution in [3.8, 4) is 0 Å². The molecule has 1 N–H and O–H groups in total. The topological polar surface area (TPSA) is 55.6 Å². The lowest BCUT2D eigenvalue weighted by atomic mass is 9.96. The van der Waals surface area contributed by atoms with Crippen LogP contribution in [0, 0.1) is 0 Å². The third-order valence-corrected chi connectivity index (χ3v) is 4.39. The van der Waals surface area contributed by atoms with E-state index in [4.69, 9.17) is 4.98 Å². The van der Waals surface area contributed by atoms with Crippen LogP contribution in [0.25, 0.3) is 21.8 Å². The average molecular weight is 281 g/mol. The number of nitrogens with one attached hydrogen (secondary N) is 1. The Bertz CT molecular complexity index is 786. The quantitative estimate of drug-likeness (QED) is 0.783. The van der Waals surface area contributed by atoms with Crippen LogP contribution in [0.4, 0.5) is 5.95 Å². The van der Waals surface area contributed by atoms with E-state index in [9.17, 15) is 0 Å². The molecule has 3 aromatic rings. The lowest BCUT2D eigenvalue weighted by molar-refractivity contribution is 0.461. The number of fused-ring (bicyclic) bond motifs is 3. The predicted octanol–water partition coefficient (Wildman–Crippen LogP) is 3.26. The molecule has 2 heterocycles. The molecule has 0 bridgehead atoms. The van der Waals surface area contributed by atoms with Crippen molar-refractivity contribution in [2.24, 2.45) is 7.05 Å². The summed E-state index contributed by atoms with van der Waals surface area (Å²) < 4.78 is 1.88. The van der Waals surface area contributed by atoms with Crippen LogP contribution < -0.4 is 5.32 Å². The normalized spacial score (nSPS) is 16.6. The second-order valence-electron chi connectivity index (χ2n) is 5.88. The van der Waals surface area contributed by atoms with Gasteiger partial charge in [0.15, 0.2) is 0 Å². The zero-order valence-electron chi connectivity index (χ0n) is 12.2. The smallest absolute Gasteiger partial charge is 0.223 e. The lowest BCUT2D eigenvalue weighted by Gasteiger charge is -2.22. The number of aromatic nitrogens is 4. The molecule has 2 aromatic heterocycles. The summed E-state index contributed by atoms with van der Waals surface area (Å²) in [6, 6.07) is 4.65. The molecular formula is C16H19N5. The van der Waals surface area contributed by atoms with Crippen LogP contribution in [0.15, 0.2) is 24.5 Å². The Morgan fingerprint density at radius 3 is 2.76 bits per heavy atom. The summed E-state index contributed by atoms with van der Waals surface area (Å²) in [5, 5.41) is 10.00. The van der Waals surface area contributed by atoms with Gasteiger partial charge in [-0.15, -0.1) is 0 Å². The summed E-state index contributed by atoms with van der Waals surface area (Å²) in [6.07, 6.45) is 10.2. The maximum absolute atomic E-state index is 4.75. The number of aryl methyl sites for hydroxylation is 1. The van der Waals surface area contributed by atoms with Crippen LogP contribution in [0.3, 0.4) is 0 Å². The number of anilines is 1. The minimum absolute atomic E-state index is 0.516. The molecule has 0 spiro atoms. The van der Waals surface area contributed by atoms with Crippen molar-refractivity contribution in [1.82, 2.24) is 19.7 Å². The molecule has 1 aliphatic carbocycles. The molecule has 1 saturated carbocycles. The molecule has 1 aliphatic rings. The van der Waals surface area contributed by atoms with E-state index in [0.717, 1.165) is 27.8 Å². The molecule has 4 rings (SSSR count). The first-order valence-electron chi connectivity index (χ1n) is 7.65. The zero-order chi connectivity index (χ0) is 14.2. The van der Waals surface area contributed by atoms with Crippen molar-refractivity contribution >= 4 is 27.8 Å². The highest BCUT2D eigenvalue weighted by atomic mass is 15.3. The Kier molecular flexibility index (Phi) is 2.98. The minimum atomic E-state index is 0.516. The number of hydrogen-bond donors (Lipinski definition) is 1. The lowest BCUT2D eigenvalue weighted by Crippen LogP contribution is -2.23. The Labute approximate surface area is 123 Å². The molecule has 108 valence electrons. The summed E-state index contributed by atoms with van der Waals surface area (Å²) in [5.74, 6) is 0.739. The highest BCUT2D eigenvalue weighted by Crippen LogP contribution is 2.25. The van der Waals surface area contributed by atoms with Crippen LogP contribution in [0.1, 0.15) is 32.1 Å². The van der Waals surface area contributed by atoms with E-state index in [0.29, 0.717) is 6.04 Å². The van der Waals surface area contributed by atoms with Crippen molar-refractivity contribution in [2.75, 3.05) is 5.32 Å². The van der Waals surface area contributed by atoms with E-state index >= 15 is 0 Å². The van der Waals surface area contributed by atoms with Gasteiger partial charge in [0.1, 0.15) is 5.52 Å². The fourth-order valence-corrected chi connectivity index (χ4v) is 3.25. The van der Waals surface area contributed by atoms with Gasteiger partial charge >= 0.3 is 0 Å². The van der Waals surface area contributed by atoms with Crippen LogP contribution in [-0.2, 0) is 7.05 Å². The monoisotopic (exact) mass is 281 g/mol. The first-order valence-corrected chi connectivity index (χ1v) is 7.65. The standard InChI is InChI=1S/C16H19N5/c1-21-15-12(10-18-21)8-7-11-9-17-16(20-14(11)15)19-13-5-3-2-4-6-13/h7-10,13H,2-6H2,1H3,(H,17,19,20). The molecule has 0 saturated heterocycles. The molecule has 5 nitrogen and oxygen atoms in total. The average Bonchev–Trinajstić information content (AvgIpc) is 2.90. The van der Waals surface area contributed by atoms with E-state index in [1.165, 1.54) is 32.1 Å². The Balaban J connectivity index is 1.76. The van der Waals surface area contributed by atoms with Gasteiger partial charge in [-0.3, -0.25) is 4.68 Å². The third-order valence-electron chi connectivity index (χ3n) is 4.39. The van der Waals surface area contributed by atoms with Gasteiger partial charge in [0.2, 0.25) is 5.95 Å². The van der Waals surface area contributed by atoms with Gasteiger partial charge in [0, 0.05) is 30.1 Å². The van der Waals surface area contributed by atoms with Crippen LogP contribution in [0.2, 0.25) is 0 Å². The van der Waals surface area contributed by atoms with E-state index in [2.05, 4.69) is 27.5 Å². The van der Waals surface area contributed by atoms with Crippen molar-refractivity contribution in [3.63, 3.8) is 0 Å². The number of hydrogen-bond acceptors (Lipinski definition) is 4. The van der Waals surface area contributed by atoms with Crippen LogP contribution >= 0.6 is 0 Å². The summed E-state index contributed by atoms with van der Waals surface area (Å²) in [6.45, 7) is 0. The number of benzene rings is 1. The van der Waals surface area contributed by atoms with Gasteiger partial charge in [-0.2, -0.15) is 5.10 Å². The van der Waals surface area contributed by atoms with E-state index in [-0.39, 0.29) is 0 Å². The maximum atomic E-state index is 4.75. The summed E-state index contributed by atoms with van der Waals surface area (Å²) >= 11 is 0. The highest BCUT2D eigenvalue weighted by Gasteiger charge is 2.15. The van der Waals surface area contributed by atoms with E-state index < -0.39 is 0 Å². The van der Waals surface area contributed by atoms with Gasteiger partial charge in [-0.25, -0.2) is 9.97 Å². The van der Waals surface area contributed by atoms with Crippen molar-refractivity contribution in [3.05, 3.63) is 24.5 Å². The molecule has 0 radical (unpaired) electrons. The SMILES string of the molecule is Cn1ncc2ccc3cnc(NC4CCCCC4)nc3c21. The largest absolute Gasteiger partial charge is 0.351 e. The molecule has 0 aliphatic heterocycles. The Morgan fingerprint density at radius 2 is 1.90 bits per heavy atom. The van der Waals surface area contributed by atoms with Gasteiger partial charge in [0.25, 0.3) is 0 Å². The van der Waals surface area contributed by atoms with Gasteiger partial charge in [-0.1, -0.05) is 31.4 Å². The summed E-state index contributed by atoms with van der Waals surface area (Å²) in [7, 11) is 1.96. The van der Waals surface area contributed by atoms with Crippen LogP contribution in [0.5, 0.6) is 0 Å². The first-order chi connectivity index (χ1) is 10.3. The highest BCUT2D eigenvalue weighted by molar-refractivity contribution is 6.02. The first kappa shape index (κ1) is 12.6. The number of nitrogens with zero attached hydrogens (tertiary/aromatic N) is 4. The van der Waals surface area contributed by atoms with Crippen molar-refractivity contribution in [1.29, 1.82) is 0 Å². The van der Waals surface area contributed by atoms with Gasteiger partial charge in [0.05, 0.1) is 11.7 Å². The second-order valence-corrected chi connectivity index (χ2v) is 5.88. The molecule has 5 heteroatoms. The van der Waals surface area contributed by atoms with Gasteiger partial charge < -0.3 is 5.32 Å². The third kappa shape index (κ3) is 2.22. The predicted molar refractivity (Wildman–Crippen MR) is 84.3 cm³/mol. The fraction of sp³-hybridized carbons (Fsp3) is 0.438. The molecule has 1 fully saturated rings. The van der Waals surface area contributed by atoms with E-state index in [1.807, 2.05) is 24.1 Å². The Morgan fingerprint density at radius 1 is 1.10 bits per heavy atom. The maximum Gasteiger partial charge on any atom is 0.223 e. The van der Waals surface area contributed by atoms with Crippen molar-refractivity contribution in [2.45, 2.75) is 38.1 Å². The fourth-order valence-electron chi connectivity index (χ4n) is 3.25. The molecule has 0 unspecified atom stereocenters. The molecule has 0 atom stereocenters. The molecule has 0 amide bonds. The van der Waals surface area contributed by atoms with Crippen LogP contribution in [-0.4, -0.2) is 25.8 Å². The van der Waals surface area contributed by atoms with Crippen molar-refractivity contribution < 1.29 is 0 Å². The van der Waals surface area contributed by atoms with E-state index in [1.54, 1.807) is 0 Å². The second kappa shape index (κ2) is 4.98. The molecular weight excluding hydrogens is 262 g/mol. The van der Waals surface area contributed by atoms with Gasteiger partial charge in [-0.05, 0) is 12.8 Å². The minimum Gasteiger partial charge on any atom is -0.351 e. The zero-order valence-corrected chi connectivity index (χ0v) is 12.2. The molecule has 1 aromatic carbocycles. The number of rotatable bonds is 2. The summed E-state index contributed by atoms with van der Waals surface area (Å²) in [4.78, 5) is 9.22.